The van der Waals surface area contributed by atoms with E-state index >= 15 is 0 Å². The summed E-state index contributed by atoms with van der Waals surface area (Å²) < 4.78 is 33.1. The normalized spacial score (nSPS) is 18.0. The van der Waals surface area contributed by atoms with Gasteiger partial charge in [-0.3, -0.25) is 0 Å². The third-order valence-electron chi connectivity index (χ3n) is 3.54. The fourth-order valence-corrected chi connectivity index (χ4v) is 3.70. The molecular weight excluding hydrogens is 332 g/mol. The summed E-state index contributed by atoms with van der Waals surface area (Å²) in [5.41, 5.74) is 5.62. The van der Waals surface area contributed by atoms with Gasteiger partial charge in [0.15, 0.2) is 0 Å². The lowest BCUT2D eigenvalue weighted by atomic mass is 9.80. The number of sulfonamides is 1. The number of hydrogen-bond acceptors (Lipinski definition) is 4. The second-order valence-electron chi connectivity index (χ2n) is 4.75. The molecule has 0 atom stereocenters. The summed E-state index contributed by atoms with van der Waals surface area (Å²) in [4.78, 5) is 0.0984. The number of anilines is 1. The van der Waals surface area contributed by atoms with Crippen molar-refractivity contribution in [2.75, 3.05) is 19.4 Å². The molecule has 5 nitrogen and oxygen atoms in total. The Bertz CT molecular complexity index is 565. The Kier molecular flexibility index (Phi) is 4.20. The van der Waals surface area contributed by atoms with Crippen LogP contribution in [0.2, 0.25) is 0 Å². The van der Waals surface area contributed by atoms with Crippen molar-refractivity contribution in [2.45, 2.75) is 29.8 Å². The molecule has 106 valence electrons. The summed E-state index contributed by atoms with van der Waals surface area (Å²) in [6.07, 6.45) is 2.82. The second kappa shape index (κ2) is 5.40. The van der Waals surface area contributed by atoms with Crippen LogP contribution in [-0.4, -0.2) is 27.7 Å². The van der Waals surface area contributed by atoms with Gasteiger partial charge in [-0.1, -0.05) is 15.9 Å². The van der Waals surface area contributed by atoms with E-state index in [0.29, 0.717) is 0 Å². The quantitative estimate of drug-likeness (QED) is 0.796. The predicted octanol–water partition coefficient (Wildman–Crippen LogP) is 1.88. The topological polar surface area (TPSA) is 81.4 Å². The highest BCUT2D eigenvalue weighted by molar-refractivity contribution is 9.10. The summed E-state index contributed by atoms with van der Waals surface area (Å²) >= 11 is 3.25. The van der Waals surface area contributed by atoms with Crippen molar-refractivity contribution >= 4 is 31.6 Å². The molecule has 2 rings (SSSR count). The molecule has 0 spiro atoms. The van der Waals surface area contributed by atoms with E-state index in [1.807, 2.05) is 0 Å². The largest absolute Gasteiger partial charge is 0.398 e. The molecule has 0 aromatic heterocycles. The zero-order valence-electron chi connectivity index (χ0n) is 10.6. The Hall–Kier alpha value is -0.630. The zero-order valence-corrected chi connectivity index (χ0v) is 13.1. The summed E-state index contributed by atoms with van der Waals surface area (Å²) in [5, 5.41) is 0. The van der Waals surface area contributed by atoms with Gasteiger partial charge in [-0.2, -0.15) is 0 Å². The molecule has 0 amide bonds. The lowest BCUT2D eigenvalue weighted by Gasteiger charge is -2.40. The van der Waals surface area contributed by atoms with Gasteiger partial charge >= 0.3 is 0 Å². The van der Waals surface area contributed by atoms with Crippen LogP contribution in [0.4, 0.5) is 5.69 Å². The molecule has 0 unspecified atom stereocenters. The molecule has 0 aliphatic heterocycles. The number of hydrogen-bond donors (Lipinski definition) is 2. The second-order valence-corrected chi connectivity index (χ2v) is 7.40. The third-order valence-corrected chi connectivity index (χ3v) is 5.51. The maximum atomic E-state index is 12.2. The lowest BCUT2D eigenvalue weighted by Crippen LogP contribution is -2.49. The fraction of sp³-hybridized carbons (Fsp3) is 0.500. The molecule has 1 aromatic carbocycles. The van der Waals surface area contributed by atoms with E-state index in [-0.39, 0.29) is 22.7 Å². The summed E-state index contributed by atoms with van der Waals surface area (Å²) in [6.45, 7) is 0.279. The van der Waals surface area contributed by atoms with Crippen LogP contribution in [0.5, 0.6) is 0 Å². The van der Waals surface area contributed by atoms with Gasteiger partial charge < -0.3 is 10.5 Å². The highest BCUT2D eigenvalue weighted by atomic mass is 79.9. The summed E-state index contributed by atoms with van der Waals surface area (Å²) in [5.74, 6) is 0. The monoisotopic (exact) mass is 348 g/mol. The number of methoxy groups -OCH3 is 1. The first kappa shape index (κ1) is 14.8. The van der Waals surface area contributed by atoms with Crippen LogP contribution >= 0.6 is 15.9 Å². The van der Waals surface area contributed by atoms with Gasteiger partial charge in [-0.25, -0.2) is 13.1 Å². The molecule has 1 aliphatic carbocycles. The Morgan fingerprint density at radius 2 is 2.16 bits per heavy atom. The van der Waals surface area contributed by atoms with Crippen LogP contribution in [-0.2, 0) is 14.8 Å². The standard InChI is InChI=1S/C12H17BrN2O3S/c1-18-12(5-2-6-12)8-15-19(16,17)11-4-3-9(13)7-10(11)14/h3-4,7,15H,2,5-6,8,14H2,1H3. The predicted molar refractivity (Wildman–Crippen MR) is 77.3 cm³/mol. The molecule has 0 heterocycles. The molecule has 0 radical (unpaired) electrons. The summed E-state index contributed by atoms with van der Waals surface area (Å²) in [6, 6.07) is 4.71. The van der Waals surface area contributed by atoms with Crippen molar-refractivity contribution in [3.05, 3.63) is 22.7 Å². The molecule has 3 N–H and O–H groups in total. The van der Waals surface area contributed by atoms with Gasteiger partial charge in [0.05, 0.1) is 11.3 Å². The first-order valence-corrected chi connectivity index (χ1v) is 8.26. The Labute approximate surface area is 121 Å². The van der Waals surface area contributed by atoms with E-state index in [1.54, 1.807) is 19.2 Å². The molecule has 19 heavy (non-hydrogen) atoms. The number of halogens is 1. The zero-order chi connectivity index (χ0) is 14.1. The first-order chi connectivity index (χ1) is 8.88. The lowest BCUT2D eigenvalue weighted by molar-refractivity contribution is -0.0659. The maximum absolute atomic E-state index is 12.2. The Morgan fingerprint density at radius 3 is 2.63 bits per heavy atom. The van der Waals surface area contributed by atoms with Crippen molar-refractivity contribution in [1.82, 2.24) is 4.72 Å². The SMILES string of the molecule is COC1(CNS(=O)(=O)c2ccc(Br)cc2N)CCC1. The van der Waals surface area contributed by atoms with Crippen LogP contribution < -0.4 is 10.5 Å². The highest BCUT2D eigenvalue weighted by Crippen LogP contribution is 2.34. The van der Waals surface area contributed by atoms with Gasteiger partial charge in [-0.05, 0) is 37.5 Å². The van der Waals surface area contributed by atoms with Crippen molar-refractivity contribution in [3.63, 3.8) is 0 Å². The van der Waals surface area contributed by atoms with E-state index in [9.17, 15) is 8.42 Å². The minimum Gasteiger partial charge on any atom is -0.398 e. The Morgan fingerprint density at radius 1 is 1.47 bits per heavy atom. The van der Waals surface area contributed by atoms with Crippen molar-refractivity contribution in [1.29, 1.82) is 0 Å². The van der Waals surface area contributed by atoms with Gasteiger partial charge in [0.25, 0.3) is 0 Å². The maximum Gasteiger partial charge on any atom is 0.242 e. The molecule has 1 aliphatic rings. The molecule has 1 aromatic rings. The minimum atomic E-state index is -3.60. The van der Waals surface area contributed by atoms with E-state index in [1.165, 1.54) is 6.07 Å². The number of nitrogen functional groups attached to an aromatic ring is 1. The van der Waals surface area contributed by atoms with E-state index in [2.05, 4.69) is 20.7 Å². The van der Waals surface area contributed by atoms with Crippen molar-refractivity contribution in [3.8, 4) is 0 Å². The van der Waals surface area contributed by atoms with Crippen LogP contribution in [0, 0.1) is 0 Å². The van der Waals surface area contributed by atoms with Crippen LogP contribution in [0.15, 0.2) is 27.6 Å². The van der Waals surface area contributed by atoms with Gasteiger partial charge in [0.2, 0.25) is 10.0 Å². The number of nitrogens with two attached hydrogens (primary N) is 1. The van der Waals surface area contributed by atoms with Crippen LogP contribution in [0.25, 0.3) is 0 Å². The van der Waals surface area contributed by atoms with Gasteiger partial charge in [0.1, 0.15) is 4.90 Å². The smallest absolute Gasteiger partial charge is 0.242 e. The van der Waals surface area contributed by atoms with Gasteiger partial charge in [-0.15, -0.1) is 0 Å². The first-order valence-electron chi connectivity index (χ1n) is 5.98. The molecular formula is C12H17BrN2O3S. The fourth-order valence-electron chi connectivity index (χ4n) is 2.09. The van der Waals surface area contributed by atoms with E-state index in [4.69, 9.17) is 10.5 Å². The third kappa shape index (κ3) is 3.10. The minimum absolute atomic E-state index is 0.0984. The molecule has 1 fully saturated rings. The average molecular weight is 349 g/mol. The number of nitrogens with one attached hydrogen (secondary N) is 1. The van der Waals surface area contributed by atoms with Gasteiger partial charge in [0, 0.05) is 18.1 Å². The Balaban J connectivity index is 2.14. The molecule has 0 saturated heterocycles. The van der Waals surface area contributed by atoms with Crippen LogP contribution in [0.1, 0.15) is 19.3 Å². The number of ether oxygens (including phenoxy) is 1. The molecule has 7 heteroatoms. The van der Waals surface area contributed by atoms with Crippen molar-refractivity contribution < 1.29 is 13.2 Å². The average Bonchev–Trinajstić information content (AvgIpc) is 2.27. The van der Waals surface area contributed by atoms with Crippen LogP contribution in [0.3, 0.4) is 0 Å². The number of benzene rings is 1. The molecule has 0 bridgehead atoms. The van der Waals surface area contributed by atoms with E-state index in [0.717, 1.165) is 23.7 Å². The summed E-state index contributed by atoms with van der Waals surface area (Å²) in [7, 11) is -1.99. The molecule has 1 saturated carbocycles. The van der Waals surface area contributed by atoms with Crippen molar-refractivity contribution in [2.24, 2.45) is 0 Å². The van der Waals surface area contributed by atoms with E-state index < -0.39 is 10.0 Å². The highest BCUT2D eigenvalue weighted by Gasteiger charge is 2.38. The number of rotatable bonds is 5.